The van der Waals surface area contributed by atoms with Crippen molar-refractivity contribution in [3.05, 3.63) is 63.5 Å². The lowest BCUT2D eigenvalue weighted by Crippen LogP contribution is -2.41. The fourth-order valence-corrected chi connectivity index (χ4v) is 6.88. The van der Waals surface area contributed by atoms with Crippen LogP contribution in [-0.2, 0) is 14.8 Å². The van der Waals surface area contributed by atoms with Crippen molar-refractivity contribution >= 4 is 32.4 Å². The number of thiazole rings is 1. The highest BCUT2D eigenvalue weighted by Crippen LogP contribution is 2.32. The molecule has 34 heavy (non-hydrogen) atoms. The van der Waals surface area contributed by atoms with Crippen LogP contribution >= 0.6 is 11.3 Å². The molecule has 4 rings (SSSR count). The molecular weight excluding hydrogens is 466 g/mol. The first-order valence-electron chi connectivity index (χ1n) is 11.5. The summed E-state index contributed by atoms with van der Waals surface area (Å²) in [4.78, 5) is 17.9. The third-order valence-corrected chi connectivity index (χ3v) is 9.26. The van der Waals surface area contributed by atoms with Crippen molar-refractivity contribution in [1.82, 2.24) is 9.29 Å². The summed E-state index contributed by atoms with van der Waals surface area (Å²) in [6.45, 7) is 10.8. The van der Waals surface area contributed by atoms with E-state index in [0.29, 0.717) is 36.0 Å². The van der Waals surface area contributed by atoms with Gasteiger partial charge < -0.3 is 5.32 Å². The van der Waals surface area contributed by atoms with E-state index in [1.807, 2.05) is 25.3 Å². The minimum Gasteiger partial charge on any atom is -0.302 e. The Kier molecular flexibility index (Phi) is 6.94. The average molecular weight is 498 g/mol. The van der Waals surface area contributed by atoms with Gasteiger partial charge in [-0.25, -0.2) is 13.4 Å². The molecule has 0 atom stereocenters. The quantitative estimate of drug-likeness (QED) is 0.512. The highest BCUT2D eigenvalue weighted by Gasteiger charge is 2.32. The van der Waals surface area contributed by atoms with Gasteiger partial charge in [0, 0.05) is 30.0 Å². The second-order valence-electron chi connectivity index (χ2n) is 9.23. The van der Waals surface area contributed by atoms with Crippen LogP contribution in [0.2, 0.25) is 0 Å². The van der Waals surface area contributed by atoms with Crippen LogP contribution in [0.3, 0.4) is 0 Å². The third-order valence-electron chi connectivity index (χ3n) is 6.61. The van der Waals surface area contributed by atoms with Crippen LogP contribution in [0.25, 0.3) is 11.3 Å². The molecule has 0 bridgehead atoms. The predicted octanol–water partition coefficient (Wildman–Crippen LogP) is 5.39. The van der Waals surface area contributed by atoms with Crippen molar-refractivity contribution < 1.29 is 13.2 Å². The third kappa shape index (κ3) is 4.94. The maximum absolute atomic E-state index is 13.0. The molecule has 0 unspecified atom stereocenters. The number of carbonyl (C=O) groups is 1. The summed E-state index contributed by atoms with van der Waals surface area (Å²) in [7, 11) is -3.56. The lowest BCUT2D eigenvalue weighted by atomic mass is 9.97. The van der Waals surface area contributed by atoms with E-state index in [-0.39, 0.29) is 11.8 Å². The zero-order valence-corrected chi connectivity index (χ0v) is 21.9. The molecule has 180 valence electrons. The largest absolute Gasteiger partial charge is 0.302 e. The molecule has 2 heterocycles. The number of rotatable bonds is 5. The van der Waals surface area contributed by atoms with Gasteiger partial charge in [-0.3, -0.25) is 4.79 Å². The van der Waals surface area contributed by atoms with Crippen LogP contribution in [0.4, 0.5) is 5.13 Å². The number of sulfonamides is 1. The highest BCUT2D eigenvalue weighted by molar-refractivity contribution is 7.89. The van der Waals surface area contributed by atoms with E-state index >= 15 is 0 Å². The Labute approximate surface area is 206 Å². The van der Waals surface area contributed by atoms with Gasteiger partial charge in [-0.2, -0.15) is 4.31 Å². The van der Waals surface area contributed by atoms with Crippen LogP contribution < -0.4 is 5.32 Å². The topological polar surface area (TPSA) is 79.4 Å². The van der Waals surface area contributed by atoms with Crippen LogP contribution in [0.15, 0.2) is 40.6 Å². The van der Waals surface area contributed by atoms with Gasteiger partial charge in [0.2, 0.25) is 15.9 Å². The summed E-state index contributed by atoms with van der Waals surface area (Å²) in [6.07, 6.45) is 0.981. The number of anilines is 1. The van der Waals surface area contributed by atoms with Crippen LogP contribution in [0.1, 0.15) is 40.7 Å². The maximum atomic E-state index is 13.0. The summed E-state index contributed by atoms with van der Waals surface area (Å²) in [5.41, 5.74) is 7.53. The first kappa shape index (κ1) is 24.6. The van der Waals surface area contributed by atoms with Crippen LogP contribution in [0.5, 0.6) is 0 Å². The summed E-state index contributed by atoms with van der Waals surface area (Å²) in [5.74, 6) is -0.331. The fourth-order valence-electron chi connectivity index (χ4n) is 4.62. The number of hydrogen-bond donors (Lipinski definition) is 1. The molecule has 2 aromatic carbocycles. The average Bonchev–Trinajstić information content (AvgIpc) is 3.22. The van der Waals surface area contributed by atoms with E-state index < -0.39 is 10.0 Å². The lowest BCUT2D eigenvalue weighted by molar-refractivity contribution is -0.120. The number of hydrogen-bond acceptors (Lipinski definition) is 5. The molecule has 1 aliphatic heterocycles. The Morgan fingerprint density at radius 3 is 2.24 bits per heavy atom. The number of carbonyl (C=O) groups excluding carboxylic acids is 1. The van der Waals surface area contributed by atoms with Gasteiger partial charge in [-0.1, -0.05) is 23.8 Å². The summed E-state index contributed by atoms with van der Waals surface area (Å²) >= 11 is 1.41. The Balaban J connectivity index is 1.40. The molecule has 0 spiro atoms. The number of nitrogens with one attached hydrogen (secondary N) is 1. The van der Waals surface area contributed by atoms with Gasteiger partial charge in [-0.05, 0) is 81.8 Å². The van der Waals surface area contributed by atoms with E-state index in [2.05, 4.69) is 43.2 Å². The van der Waals surface area contributed by atoms with E-state index in [4.69, 9.17) is 0 Å². The first-order valence-corrected chi connectivity index (χ1v) is 13.8. The fraction of sp³-hybridized carbons (Fsp3) is 0.385. The zero-order chi connectivity index (χ0) is 24.6. The molecule has 0 radical (unpaired) electrons. The molecule has 1 amide bonds. The standard InChI is InChI=1S/C26H31N3O3S2/c1-16-12-19(4)24(20(5)13-16)23-15-33-26(27-23)28-25(30)21-8-10-29(11-9-21)34(31,32)22-7-6-17(2)18(3)14-22/h6-7,12-15,21H,8-11H2,1-5H3,(H,27,28,30). The molecule has 1 N–H and O–H groups in total. The van der Waals surface area contributed by atoms with Crippen molar-refractivity contribution in [1.29, 1.82) is 0 Å². The molecule has 1 fully saturated rings. The van der Waals surface area contributed by atoms with E-state index in [1.165, 1.54) is 21.2 Å². The second kappa shape index (κ2) is 9.60. The summed E-state index contributed by atoms with van der Waals surface area (Å²) in [5, 5.41) is 5.50. The van der Waals surface area contributed by atoms with Gasteiger partial charge in [0.25, 0.3) is 0 Å². The van der Waals surface area contributed by atoms with Crippen molar-refractivity contribution in [3.8, 4) is 11.3 Å². The van der Waals surface area contributed by atoms with Gasteiger partial charge in [0.15, 0.2) is 5.13 Å². The molecule has 0 aliphatic carbocycles. The smallest absolute Gasteiger partial charge is 0.243 e. The predicted molar refractivity (Wildman–Crippen MR) is 138 cm³/mol. The number of amides is 1. The van der Waals surface area contributed by atoms with Crippen molar-refractivity contribution in [2.75, 3.05) is 18.4 Å². The van der Waals surface area contributed by atoms with E-state index in [0.717, 1.165) is 33.5 Å². The zero-order valence-electron chi connectivity index (χ0n) is 20.3. The Hall–Kier alpha value is -2.55. The van der Waals surface area contributed by atoms with Gasteiger partial charge in [0.05, 0.1) is 10.6 Å². The molecule has 1 saturated heterocycles. The molecule has 1 aromatic heterocycles. The number of piperidine rings is 1. The van der Waals surface area contributed by atoms with Crippen molar-refractivity contribution in [3.63, 3.8) is 0 Å². The molecule has 8 heteroatoms. The van der Waals surface area contributed by atoms with Crippen LogP contribution in [0, 0.1) is 40.5 Å². The molecule has 3 aromatic rings. The van der Waals surface area contributed by atoms with Gasteiger partial charge in [-0.15, -0.1) is 11.3 Å². The number of aryl methyl sites for hydroxylation is 5. The van der Waals surface area contributed by atoms with Crippen molar-refractivity contribution in [2.45, 2.75) is 52.4 Å². The normalized spacial score (nSPS) is 15.4. The lowest BCUT2D eigenvalue weighted by Gasteiger charge is -2.30. The summed E-state index contributed by atoms with van der Waals surface area (Å²) in [6, 6.07) is 9.50. The van der Waals surface area contributed by atoms with Crippen molar-refractivity contribution in [2.24, 2.45) is 5.92 Å². The number of benzene rings is 2. The Morgan fingerprint density at radius 1 is 0.971 bits per heavy atom. The molecular formula is C26H31N3O3S2. The number of aromatic nitrogens is 1. The van der Waals surface area contributed by atoms with Gasteiger partial charge >= 0.3 is 0 Å². The molecule has 0 saturated carbocycles. The van der Waals surface area contributed by atoms with Crippen LogP contribution in [-0.4, -0.2) is 36.7 Å². The highest BCUT2D eigenvalue weighted by atomic mass is 32.2. The first-order chi connectivity index (χ1) is 16.1. The Morgan fingerprint density at radius 2 is 1.62 bits per heavy atom. The summed E-state index contributed by atoms with van der Waals surface area (Å²) < 4.78 is 27.6. The minimum atomic E-state index is -3.56. The van der Waals surface area contributed by atoms with E-state index in [1.54, 1.807) is 12.1 Å². The number of nitrogens with zero attached hydrogens (tertiary/aromatic N) is 2. The minimum absolute atomic E-state index is 0.0959. The van der Waals surface area contributed by atoms with Gasteiger partial charge in [0.1, 0.15) is 0 Å². The molecule has 1 aliphatic rings. The Bertz CT molecular complexity index is 1310. The monoisotopic (exact) mass is 497 g/mol. The van der Waals surface area contributed by atoms with E-state index in [9.17, 15) is 13.2 Å². The SMILES string of the molecule is Cc1cc(C)c(-c2csc(NC(=O)C3CCN(S(=O)(=O)c4ccc(C)c(C)c4)CC3)n2)c(C)c1. The molecule has 6 nitrogen and oxygen atoms in total. The second-order valence-corrected chi connectivity index (χ2v) is 12.0. The maximum Gasteiger partial charge on any atom is 0.243 e.